The SMILES string of the molecule is Nc1cccc2sc3ccncc3c12. The normalized spacial score (nSPS) is 11.1. The van der Waals surface area contributed by atoms with Crippen LogP contribution in [0, 0.1) is 0 Å². The lowest BCUT2D eigenvalue weighted by atomic mass is 10.1. The minimum absolute atomic E-state index is 0.835. The number of benzene rings is 1. The van der Waals surface area contributed by atoms with E-state index in [4.69, 9.17) is 5.73 Å². The molecule has 0 spiro atoms. The summed E-state index contributed by atoms with van der Waals surface area (Å²) in [5.41, 5.74) is 6.78. The summed E-state index contributed by atoms with van der Waals surface area (Å²) in [4.78, 5) is 4.13. The van der Waals surface area contributed by atoms with E-state index in [1.807, 2.05) is 30.6 Å². The molecule has 0 amide bonds. The molecular weight excluding hydrogens is 192 g/mol. The van der Waals surface area contributed by atoms with Crippen LogP contribution < -0.4 is 5.73 Å². The molecule has 68 valence electrons. The third-order valence-electron chi connectivity index (χ3n) is 2.33. The molecule has 3 heteroatoms. The maximum atomic E-state index is 5.95. The van der Waals surface area contributed by atoms with Crippen molar-refractivity contribution in [3.63, 3.8) is 0 Å². The molecule has 1 aromatic carbocycles. The molecule has 2 N–H and O–H groups in total. The Kier molecular flexibility index (Phi) is 1.49. The lowest BCUT2D eigenvalue weighted by molar-refractivity contribution is 1.37. The Morgan fingerprint density at radius 1 is 1.14 bits per heavy atom. The van der Waals surface area contributed by atoms with Gasteiger partial charge in [-0.3, -0.25) is 4.98 Å². The summed E-state index contributed by atoms with van der Waals surface area (Å²) in [5.74, 6) is 0. The number of nitrogens with zero attached hydrogens (tertiary/aromatic N) is 1. The fourth-order valence-corrected chi connectivity index (χ4v) is 2.81. The monoisotopic (exact) mass is 200 g/mol. The van der Waals surface area contributed by atoms with Crippen LogP contribution in [0.3, 0.4) is 0 Å². The minimum atomic E-state index is 0.835. The molecule has 0 radical (unpaired) electrons. The van der Waals surface area contributed by atoms with E-state index in [2.05, 4.69) is 11.1 Å². The van der Waals surface area contributed by atoms with Crippen LogP contribution in [-0.2, 0) is 0 Å². The van der Waals surface area contributed by atoms with Gasteiger partial charge in [-0.15, -0.1) is 11.3 Å². The molecule has 0 bridgehead atoms. The van der Waals surface area contributed by atoms with E-state index in [9.17, 15) is 0 Å². The van der Waals surface area contributed by atoms with Gasteiger partial charge >= 0.3 is 0 Å². The third kappa shape index (κ3) is 0.930. The van der Waals surface area contributed by atoms with Crippen molar-refractivity contribution in [2.75, 3.05) is 5.73 Å². The highest BCUT2D eigenvalue weighted by Gasteiger charge is 2.06. The molecule has 3 aromatic rings. The van der Waals surface area contributed by atoms with Crippen molar-refractivity contribution in [3.05, 3.63) is 36.7 Å². The third-order valence-corrected chi connectivity index (χ3v) is 3.46. The molecule has 2 nitrogen and oxygen atoms in total. The smallest absolute Gasteiger partial charge is 0.0409 e. The number of aromatic nitrogens is 1. The Balaban J connectivity index is 2.65. The van der Waals surface area contributed by atoms with Crippen LogP contribution in [0.1, 0.15) is 0 Å². The van der Waals surface area contributed by atoms with Crippen molar-refractivity contribution in [1.29, 1.82) is 0 Å². The van der Waals surface area contributed by atoms with E-state index >= 15 is 0 Å². The van der Waals surface area contributed by atoms with Crippen molar-refractivity contribution < 1.29 is 0 Å². The molecule has 14 heavy (non-hydrogen) atoms. The van der Waals surface area contributed by atoms with E-state index in [0.29, 0.717) is 0 Å². The highest BCUT2D eigenvalue weighted by atomic mass is 32.1. The van der Waals surface area contributed by atoms with Crippen molar-refractivity contribution in [2.24, 2.45) is 0 Å². The largest absolute Gasteiger partial charge is 0.398 e. The summed E-state index contributed by atoms with van der Waals surface area (Å²) < 4.78 is 2.47. The fourth-order valence-electron chi connectivity index (χ4n) is 1.70. The van der Waals surface area contributed by atoms with E-state index in [1.165, 1.54) is 9.40 Å². The number of anilines is 1. The van der Waals surface area contributed by atoms with Crippen LogP contribution in [0.5, 0.6) is 0 Å². The maximum absolute atomic E-state index is 5.95. The van der Waals surface area contributed by atoms with Crippen LogP contribution in [0.15, 0.2) is 36.7 Å². The van der Waals surface area contributed by atoms with Gasteiger partial charge in [0.05, 0.1) is 0 Å². The van der Waals surface area contributed by atoms with Gasteiger partial charge in [-0.05, 0) is 18.2 Å². The maximum Gasteiger partial charge on any atom is 0.0409 e. The summed E-state index contributed by atoms with van der Waals surface area (Å²) in [5, 5.41) is 2.30. The summed E-state index contributed by atoms with van der Waals surface area (Å²) in [6, 6.07) is 8.04. The first-order valence-electron chi connectivity index (χ1n) is 4.37. The molecule has 2 aromatic heterocycles. The predicted molar refractivity (Wildman–Crippen MR) is 61.5 cm³/mol. The number of nitrogen functional groups attached to an aromatic ring is 1. The van der Waals surface area contributed by atoms with Crippen LogP contribution in [0.4, 0.5) is 5.69 Å². The van der Waals surface area contributed by atoms with Crippen molar-refractivity contribution in [1.82, 2.24) is 4.98 Å². The van der Waals surface area contributed by atoms with Gasteiger partial charge in [-0.2, -0.15) is 0 Å². The summed E-state index contributed by atoms with van der Waals surface area (Å²) in [6.07, 6.45) is 3.69. The number of fused-ring (bicyclic) bond motifs is 3. The number of thiophene rings is 1. The first-order chi connectivity index (χ1) is 6.86. The van der Waals surface area contributed by atoms with Crippen LogP contribution in [0.25, 0.3) is 20.2 Å². The molecular formula is C11H8N2S. The molecule has 3 rings (SSSR count). The number of nitrogens with two attached hydrogens (primary N) is 1. The molecule has 0 aliphatic rings. The molecule has 2 heterocycles. The Morgan fingerprint density at radius 3 is 3.00 bits per heavy atom. The molecule has 0 saturated heterocycles. The van der Waals surface area contributed by atoms with Gasteiger partial charge in [-0.1, -0.05) is 6.07 Å². The van der Waals surface area contributed by atoms with E-state index in [0.717, 1.165) is 16.5 Å². The number of pyridine rings is 1. The second-order valence-corrected chi connectivity index (χ2v) is 4.28. The second kappa shape index (κ2) is 2.69. The van der Waals surface area contributed by atoms with Crippen LogP contribution in [-0.4, -0.2) is 4.98 Å². The standard InChI is InChI=1S/C11H8N2S/c12-8-2-1-3-10-11(8)7-6-13-5-4-9(7)14-10/h1-6H,12H2. The van der Waals surface area contributed by atoms with Crippen LogP contribution in [0.2, 0.25) is 0 Å². The van der Waals surface area contributed by atoms with Gasteiger partial charge in [0.15, 0.2) is 0 Å². The Labute approximate surface area is 85.0 Å². The van der Waals surface area contributed by atoms with Crippen molar-refractivity contribution in [2.45, 2.75) is 0 Å². The highest BCUT2D eigenvalue weighted by molar-refractivity contribution is 7.25. The summed E-state index contributed by atoms with van der Waals surface area (Å²) in [6.45, 7) is 0. The molecule has 0 unspecified atom stereocenters. The first-order valence-corrected chi connectivity index (χ1v) is 5.18. The van der Waals surface area contributed by atoms with E-state index in [1.54, 1.807) is 11.3 Å². The minimum Gasteiger partial charge on any atom is -0.398 e. The predicted octanol–water partition coefficient (Wildman–Crippen LogP) is 3.03. The Hall–Kier alpha value is -1.61. The zero-order valence-corrected chi connectivity index (χ0v) is 8.21. The van der Waals surface area contributed by atoms with Crippen LogP contribution >= 0.6 is 11.3 Å². The zero-order valence-electron chi connectivity index (χ0n) is 7.40. The number of rotatable bonds is 0. The van der Waals surface area contributed by atoms with Gasteiger partial charge in [0, 0.05) is 38.3 Å². The average molecular weight is 200 g/mol. The zero-order chi connectivity index (χ0) is 9.54. The summed E-state index contributed by atoms with van der Waals surface area (Å²) in [7, 11) is 0. The second-order valence-electron chi connectivity index (χ2n) is 3.19. The van der Waals surface area contributed by atoms with Gasteiger partial charge < -0.3 is 5.73 Å². The summed E-state index contributed by atoms with van der Waals surface area (Å²) >= 11 is 1.76. The van der Waals surface area contributed by atoms with E-state index in [-0.39, 0.29) is 0 Å². The lowest BCUT2D eigenvalue weighted by Crippen LogP contribution is -1.83. The molecule has 0 fully saturated rings. The number of hydrogen-bond donors (Lipinski definition) is 1. The quantitative estimate of drug-likeness (QED) is 0.566. The Morgan fingerprint density at radius 2 is 2.07 bits per heavy atom. The molecule has 0 saturated carbocycles. The first kappa shape index (κ1) is 7.76. The van der Waals surface area contributed by atoms with Crippen molar-refractivity contribution >= 4 is 37.2 Å². The van der Waals surface area contributed by atoms with Gasteiger partial charge in [-0.25, -0.2) is 0 Å². The fraction of sp³-hybridized carbons (Fsp3) is 0. The molecule has 0 aliphatic heterocycles. The number of hydrogen-bond acceptors (Lipinski definition) is 3. The van der Waals surface area contributed by atoms with Gasteiger partial charge in [0.25, 0.3) is 0 Å². The Bertz CT molecular complexity index is 613. The van der Waals surface area contributed by atoms with Gasteiger partial charge in [0.2, 0.25) is 0 Å². The average Bonchev–Trinajstić information content (AvgIpc) is 2.57. The molecule has 0 atom stereocenters. The topological polar surface area (TPSA) is 38.9 Å². The lowest BCUT2D eigenvalue weighted by Gasteiger charge is -1.95. The van der Waals surface area contributed by atoms with Gasteiger partial charge in [0.1, 0.15) is 0 Å². The molecule has 0 aliphatic carbocycles. The van der Waals surface area contributed by atoms with Crippen molar-refractivity contribution in [3.8, 4) is 0 Å². The highest BCUT2D eigenvalue weighted by Crippen LogP contribution is 2.36. The van der Waals surface area contributed by atoms with E-state index < -0.39 is 0 Å².